The van der Waals surface area contributed by atoms with E-state index in [9.17, 15) is 18.8 Å². The molecule has 37 heavy (non-hydrogen) atoms. The lowest BCUT2D eigenvalue weighted by Gasteiger charge is -2.33. The largest absolute Gasteiger partial charge is 0.395 e. The molecule has 9 nitrogen and oxygen atoms in total. The maximum atomic E-state index is 14.1. The van der Waals surface area contributed by atoms with Gasteiger partial charge in [0.15, 0.2) is 5.69 Å². The molecule has 3 amide bonds. The second-order valence-corrected chi connectivity index (χ2v) is 9.64. The summed E-state index contributed by atoms with van der Waals surface area (Å²) < 4.78 is 23.4. The lowest BCUT2D eigenvalue weighted by Crippen LogP contribution is -2.46. The minimum atomic E-state index is -1.19. The number of rotatable bonds is 8. The van der Waals surface area contributed by atoms with E-state index in [2.05, 4.69) is 9.69 Å². The summed E-state index contributed by atoms with van der Waals surface area (Å²) in [5.41, 5.74) is 13.6. The number of aromatic nitrogens is 1. The Hall–Kier alpha value is -3.83. The number of hydrogen-bond donors (Lipinski definition) is 3. The van der Waals surface area contributed by atoms with Gasteiger partial charge in [-0.05, 0) is 73.1 Å². The number of carbonyl (C=O) groups is 3. The van der Waals surface area contributed by atoms with Gasteiger partial charge < -0.3 is 21.5 Å². The zero-order chi connectivity index (χ0) is 26.7. The van der Waals surface area contributed by atoms with Crippen LogP contribution >= 0.6 is 11.5 Å². The number of halogens is 1. The van der Waals surface area contributed by atoms with Gasteiger partial charge in [0, 0.05) is 18.8 Å². The van der Waals surface area contributed by atoms with E-state index in [0.717, 1.165) is 35.5 Å². The molecule has 11 heteroatoms. The van der Waals surface area contributed by atoms with Crippen LogP contribution in [0.2, 0.25) is 0 Å². The molecule has 4 rings (SSSR count). The second kappa shape index (κ2) is 11.1. The lowest BCUT2D eigenvalue weighted by molar-refractivity contribution is -0.123. The van der Waals surface area contributed by atoms with Gasteiger partial charge in [0.05, 0.1) is 11.8 Å². The highest BCUT2D eigenvalue weighted by atomic mass is 32.1. The molecule has 2 atom stereocenters. The van der Waals surface area contributed by atoms with Gasteiger partial charge in [-0.25, -0.2) is 4.39 Å². The summed E-state index contributed by atoms with van der Waals surface area (Å²) in [4.78, 5) is 40.9. The molecule has 1 aliphatic rings. The van der Waals surface area contributed by atoms with Gasteiger partial charge in [-0.3, -0.25) is 19.3 Å². The predicted molar refractivity (Wildman–Crippen MR) is 139 cm³/mol. The Balaban J connectivity index is 1.85. The zero-order valence-electron chi connectivity index (χ0n) is 20.5. The summed E-state index contributed by atoms with van der Waals surface area (Å²) in [6.45, 7) is 4.61. The highest BCUT2D eigenvalue weighted by molar-refractivity contribution is 7.09. The van der Waals surface area contributed by atoms with Crippen molar-refractivity contribution in [3.63, 3.8) is 0 Å². The summed E-state index contributed by atoms with van der Waals surface area (Å²) >= 11 is 0.727. The third-order valence-corrected chi connectivity index (χ3v) is 7.28. The smallest absolute Gasteiger partial charge is 0.273 e. The number of primary amides is 1. The Morgan fingerprint density at radius 1 is 1.22 bits per heavy atom. The summed E-state index contributed by atoms with van der Waals surface area (Å²) in [6.07, 6.45) is 1.59. The van der Waals surface area contributed by atoms with Gasteiger partial charge in [-0.1, -0.05) is 24.3 Å². The van der Waals surface area contributed by atoms with E-state index in [1.54, 1.807) is 12.1 Å². The first-order valence-corrected chi connectivity index (χ1v) is 12.6. The van der Waals surface area contributed by atoms with Crippen LogP contribution < -0.4 is 21.7 Å². The molecule has 0 unspecified atom stereocenters. The lowest BCUT2D eigenvalue weighted by atomic mass is 9.99. The van der Waals surface area contributed by atoms with E-state index in [1.165, 1.54) is 29.2 Å². The van der Waals surface area contributed by atoms with Crippen LogP contribution in [0.25, 0.3) is 0 Å². The van der Waals surface area contributed by atoms with Crippen LogP contribution in [0.1, 0.15) is 55.7 Å². The number of amides is 3. The van der Waals surface area contributed by atoms with Crippen molar-refractivity contribution in [3.8, 4) is 0 Å². The summed E-state index contributed by atoms with van der Waals surface area (Å²) in [7, 11) is 0. The molecular weight excluding hydrogens is 497 g/mol. The van der Waals surface area contributed by atoms with Crippen molar-refractivity contribution >= 4 is 40.6 Å². The fourth-order valence-electron chi connectivity index (χ4n) is 4.28. The zero-order valence-corrected chi connectivity index (χ0v) is 21.3. The van der Waals surface area contributed by atoms with Crippen molar-refractivity contribution in [1.82, 2.24) is 9.69 Å². The van der Waals surface area contributed by atoms with Crippen molar-refractivity contribution in [2.75, 3.05) is 23.8 Å². The molecule has 194 valence electrons. The number of nitrogens with zero attached hydrogens (tertiary/aromatic N) is 2. The number of benzene rings is 2. The molecule has 3 aromatic rings. The first kappa shape index (κ1) is 26.2. The monoisotopic (exact) mass is 525 g/mol. The topological polar surface area (TPSA) is 141 Å². The Bertz CT molecular complexity index is 1320. The van der Waals surface area contributed by atoms with Gasteiger partial charge in [-0.2, -0.15) is 4.37 Å². The van der Waals surface area contributed by atoms with Crippen molar-refractivity contribution in [3.05, 3.63) is 75.5 Å². The molecule has 1 fully saturated rings. The molecule has 2 aromatic carbocycles. The number of nitrogens with one attached hydrogen (secondary N) is 1. The summed E-state index contributed by atoms with van der Waals surface area (Å²) in [6, 6.07) is 9.57. The average Bonchev–Trinajstić information content (AvgIpc) is 3.53. The third-order valence-electron chi connectivity index (χ3n) is 6.43. The molecule has 2 heterocycles. The highest BCUT2D eigenvalue weighted by Gasteiger charge is 2.37. The molecule has 1 aromatic heterocycles. The maximum Gasteiger partial charge on any atom is 0.273 e. The molecule has 0 aliphatic carbocycles. The van der Waals surface area contributed by atoms with Crippen LogP contribution in [0.15, 0.2) is 42.5 Å². The van der Waals surface area contributed by atoms with E-state index in [1.807, 2.05) is 19.9 Å². The summed E-state index contributed by atoms with van der Waals surface area (Å²) in [5.74, 6) is -2.47. The maximum absolute atomic E-state index is 14.1. The predicted octanol–water partition coefficient (Wildman–Crippen LogP) is 3.26. The fraction of sp³-hybridized carbons (Fsp3) is 0.308. The average molecular weight is 526 g/mol. The Kier molecular flexibility index (Phi) is 7.84. The van der Waals surface area contributed by atoms with E-state index in [4.69, 9.17) is 16.2 Å². The minimum absolute atomic E-state index is 0.0336. The van der Waals surface area contributed by atoms with Crippen LogP contribution in [0, 0.1) is 19.7 Å². The van der Waals surface area contributed by atoms with Gasteiger partial charge in [0.25, 0.3) is 11.8 Å². The van der Waals surface area contributed by atoms with Crippen molar-refractivity contribution < 1.29 is 23.5 Å². The molecule has 5 N–H and O–H groups in total. The second-order valence-electron chi connectivity index (χ2n) is 8.87. The number of nitrogens with two attached hydrogens (primary N) is 2. The number of nitrogen functional groups attached to an aromatic ring is 1. The molecule has 0 saturated carbocycles. The Morgan fingerprint density at radius 3 is 2.57 bits per heavy atom. The van der Waals surface area contributed by atoms with E-state index < -0.39 is 29.6 Å². The molecular formula is C26H28FN5O4S. The van der Waals surface area contributed by atoms with Crippen molar-refractivity contribution in [2.24, 2.45) is 5.73 Å². The van der Waals surface area contributed by atoms with Gasteiger partial charge in [-0.15, -0.1) is 0 Å². The normalized spacial score (nSPS) is 15.8. The molecule has 1 saturated heterocycles. The summed E-state index contributed by atoms with van der Waals surface area (Å²) in [5, 5.41) is 2.90. The number of anilines is 2. The van der Waals surface area contributed by atoms with Crippen LogP contribution in [0.5, 0.6) is 0 Å². The van der Waals surface area contributed by atoms with Crippen LogP contribution in [-0.4, -0.2) is 41.4 Å². The number of carbonyl (C=O) groups excluding carboxylic acids is 3. The van der Waals surface area contributed by atoms with Gasteiger partial charge >= 0.3 is 0 Å². The Labute approximate surface area is 217 Å². The number of ether oxygens (including phenoxy) is 1. The van der Waals surface area contributed by atoms with E-state index in [-0.39, 0.29) is 28.9 Å². The van der Waals surface area contributed by atoms with E-state index >= 15 is 0 Å². The number of aryl methyl sites for hydroxylation is 1. The molecule has 0 spiro atoms. The number of hydrogen-bond acceptors (Lipinski definition) is 7. The van der Waals surface area contributed by atoms with Crippen molar-refractivity contribution in [2.45, 2.75) is 38.8 Å². The van der Waals surface area contributed by atoms with Gasteiger partial charge in [0.2, 0.25) is 5.91 Å². The third kappa shape index (κ3) is 5.47. The SMILES string of the molecule is Cc1cccc(N(C(=O)c2snc(C(N)=O)c2N)[C@H](C(=O)NC[C@H]2CCCO2)c2ccc(F)cc2)c1C. The Morgan fingerprint density at radius 2 is 1.95 bits per heavy atom. The highest BCUT2D eigenvalue weighted by Crippen LogP contribution is 2.35. The standard InChI is InChI=1S/C26H28FN5O4S/c1-14-5-3-7-19(15(14)2)32(26(35)23-20(28)21(24(29)33)31-37-23)22(16-8-10-17(27)11-9-16)25(34)30-13-18-6-4-12-36-18/h3,5,7-11,18,22H,4,6,12-13,28H2,1-2H3,(H2,29,33)(H,30,34)/t18-,22+/m1/s1. The first-order chi connectivity index (χ1) is 17.7. The quantitative estimate of drug-likeness (QED) is 0.412. The van der Waals surface area contributed by atoms with E-state index in [0.29, 0.717) is 17.9 Å². The minimum Gasteiger partial charge on any atom is -0.395 e. The fourth-order valence-corrected chi connectivity index (χ4v) is 5.02. The van der Waals surface area contributed by atoms with Crippen LogP contribution in [-0.2, 0) is 9.53 Å². The van der Waals surface area contributed by atoms with Crippen molar-refractivity contribution in [1.29, 1.82) is 0 Å². The van der Waals surface area contributed by atoms with Gasteiger partial charge in [0.1, 0.15) is 16.7 Å². The molecule has 0 radical (unpaired) electrons. The van der Waals surface area contributed by atoms with Crippen LogP contribution in [0.3, 0.4) is 0 Å². The first-order valence-electron chi connectivity index (χ1n) is 11.8. The molecule has 0 bridgehead atoms. The molecule has 1 aliphatic heterocycles. The van der Waals surface area contributed by atoms with Crippen LogP contribution in [0.4, 0.5) is 15.8 Å².